The third-order valence-electron chi connectivity index (χ3n) is 2.97. The van der Waals surface area contributed by atoms with Crippen LogP contribution in [0, 0.1) is 5.41 Å². The number of rotatable bonds is 4. The van der Waals surface area contributed by atoms with Gasteiger partial charge in [0.2, 0.25) is 0 Å². The van der Waals surface area contributed by atoms with Gasteiger partial charge in [-0.1, -0.05) is 57.9 Å². The summed E-state index contributed by atoms with van der Waals surface area (Å²) in [4.78, 5) is 11.7. The van der Waals surface area contributed by atoms with Crippen LogP contribution >= 0.6 is 0 Å². The lowest BCUT2D eigenvalue weighted by atomic mass is 9.81. The quantitative estimate of drug-likeness (QED) is 0.555. The second-order valence-electron chi connectivity index (χ2n) is 5.02. The SMILES string of the molecule is C=CC1=C(C=C)C(C)(C)C=CC=C1OC(=O)C(=C)C. The van der Waals surface area contributed by atoms with Gasteiger partial charge in [-0.05, 0) is 18.6 Å². The summed E-state index contributed by atoms with van der Waals surface area (Å²) in [5.41, 5.74) is 1.91. The molecule has 0 radical (unpaired) electrons. The van der Waals surface area contributed by atoms with E-state index in [1.165, 1.54) is 0 Å². The van der Waals surface area contributed by atoms with Crippen molar-refractivity contribution >= 4 is 5.97 Å². The highest BCUT2D eigenvalue weighted by Crippen LogP contribution is 2.36. The van der Waals surface area contributed by atoms with Crippen molar-refractivity contribution in [2.24, 2.45) is 5.41 Å². The Bertz CT molecular complexity index is 525. The number of hydrogen-bond donors (Lipinski definition) is 0. The number of ether oxygens (including phenoxy) is 1. The molecule has 0 fully saturated rings. The summed E-state index contributed by atoms with van der Waals surface area (Å²) in [6.45, 7) is 17.0. The van der Waals surface area contributed by atoms with Crippen LogP contribution in [0.4, 0.5) is 0 Å². The van der Waals surface area contributed by atoms with Crippen LogP contribution in [0.3, 0.4) is 0 Å². The highest BCUT2D eigenvalue weighted by molar-refractivity contribution is 5.88. The van der Waals surface area contributed by atoms with Gasteiger partial charge in [-0.25, -0.2) is 4.79 Å². The van der Waals surface area contributed by atoms with Gasteiger partial charge < -0.3 is 4.74 Å². The Morgan fingerprint density at radius 3 is 2.42 bits per heavy atom. The lowest BCUT2D eigenvalue weighted by Gasteiger charge is -2.24. The standard InChI is InChI=1S/C17H20O2/c1-7-13-14(8-2)17(5,6)11-9-10-15(13)19-16(18)12(3)4/h7-11H,1-3H2,4-6H3. The smallest absolute Gasteiger partial charge is 0.338 e. The van der Waals surface area contributed by atoms with Crippen LogP contribution in [-0.2, 0) is 9.53 Å². The van der Waals surface area contributed by atoms with Crippen LogP contribution in [-0.4, -0.2) is 5.97 Å². The van der Waals surface area contributed by atoms with Gasteiger partial charge in [-0.3, -0.25) is 0 Å². The molecule has 100 valence electrons. The van der Waals surface area contributed by atoms with Crippen molar-refractivity contribution in [2.75, 3.05) is 0 Å². The Labute approximate surface area is 115 Å². The molecule has 1 rings (SSSR count). The fourth-order valence-electron chi connectivity index (χ4n) is 1.89. The topological polar surface area (TPSA) is 26.3 Å². The Hall–Kier alpha value is -2.09. The van der Waals surface area contributed by atoms with E-state index >= 15 is 0 Å². The summed E-state index contributed by atoms with van der Waals surface area (Å²) in [5.74, 6) is 0.0295. The summed E-state index contributed by atoms with van der Waals surface area (Å²) in [5, 5.41) is 0. The first-order valence-corrected chi connectivity index (χ1v) is 6.10. The van der Waals surface area contributed by atoms with Crippen LogP contribution in [0.1, 0.15) is 20.8 Å². The van der Waals surface area contributed by atoms with Gasteiger partial charge in [0.1, 0.15) is 5.76 Å². The molecule has 0 bridgehead atoms. The summed E-state index contributed by atoms with van der Waals surface area (Å²) >= 11 is 0. The lowest BCUT2D eigenvalue weighted by Crippen LogP contribution is -2.13. The number of allylic oxidation sites excluding steroid dienone is 6. The monoisotopic (exact) mass is 256 g/mol. The number of esters is 1. The zero-order valence-corrected chi connectivity index (χ0v) is 11.8. The largest absolute Gasteiger partial charge is 0.423 e. The minimum absolute atomic E-state index is 0.195. The van der Waals surface area contributed by atoms with E-state index in [0.717, 1.165) is 11.1 Å². The van der Waals surface area contributed by atoms with E-state index in [1.54, 1.807) is 25.2 Å². The first-order valence-electron chi connectivity index (χ1n) is 6.10. The van der Waals surface area contributed by atoms with E-state index in [0.29, 0.717) is 11.3 Å². The highest BCUT2D eigenvalue weighted by Gasteiger charge is 2.25. The molecule has 19 heavy (non-hydrogen) atoms. The molecule has 0 heterocycles. The second-order valence-corrected chi connectivity index (χ2v) is 5.02. The average molecular weight is 256 g/mol. The Kier molecular flexibility index (Phi) is 4.49. The van der Waals surface area contributed by atoms with Crippen molar-refractivity contribution in [3.63, 3.8) is 0 Å². The van der Waals surface area contributed by atoms with Crippen molar-refractivity contribution in [3.05, 3.63) is 72.6 Å². The molecule has 0 spiro atoms. The molecular weight excluding hydrogens is 236 g/mol. The van der Waals surface area contributed by atoms with Crippen molar-refractivity contribution in [1.29, 1.82) is 0 Å². The Balaban J connectivity index is 3.32. The third kappa shape index (κ3) is 3.22. The lowest BCUT2D eigenvalue weighted by molar-refractivity contribution is -0.134. The van der Waals surface area contributed by atoms with Crippen molar-refractivity contribution < 1.29 is 9.53 Å². The number of carbonyl (C=O) groups excluding carboxylic acids is 1. The van der Waals surface area contributed by atoms with Gasteiger partial charge in [-0.15, -0.1) is 0 Å². The Morgan fingerprint density at radius 2 is 1.95 bits per heavy atom. The predicted octanol–water partition coefficient (Wildman–Crippen LogP) is 4.25. The molecular formula is C17H20O2. The van der Waals surface area contributed by atoms with Crippen LogP contribution in [0.25, 0.3) is 0 Å². The van der Waals surface area contributed by atoms with Crippen molar-refractivity contribution in [1.82, 2.24) is 0 Å². The fraction of sp³-hybridized carbons (Fsp3) is 0.235. The summed E-state index contributed by atoms with van der Waals surface area (Å²) in [6, 6.07) is 0. The maximum absolute atomic E-state index is 11.7. The molecule has 0 amide bonds. The second kappa shape index (κ2) is 5.70. The Morgan fingerprint density at radius 1 is 1.32 bits per heavy atom. The highest BCUT2D eigenvalue weighted by atomic mass is 16.5. The number of hydrogen-bond acceptors (Lipinski definition) is 2. The van der Waals surface area contributed by atoms with Crippen molar-refractivity contribution in [3.8, 4) is 0 Å². The van der Waals surface area contributed by atoms with Crippen LogP contribution < -0.4 is 0 Å². The molecule has 0 N–H and O–H groups in total. The van der Waals surface area contributed by atoms with E-state index in [9.17, 15) is 4.79 Å². The molecule has 0 aromatic carbocycles. The normalized spacial score (nSPS) is 17.3. The zero-order chi connectivity index (χ0) is 14.6. The van der Waals surface area contributed by atoms with Gasteiger partial charge in [0.15, 0.2) is 0 Å². The molecule has 0 aromatic heterocycles. The molecule has 1 aliphatic rings. The molecule has 0 unspecified atom stereocenters. The zero-order valence-electron chi connectivity index (χ0n) is 11.8. The molecule has 0 aromatic rings. The van der Waals surface area contributed by atoms with Crippen LogP contribution in [0.5, 0.6) is 0 Å². The number of carbonyl (C=O) groups is 1. The van der Waals surface area contributed by atoms with E-state index in [4.69, 9.17) is 4.74 Å². The van der Waals surface area contributed by atoms with E-state index in [-0.39, 0.29) is 5.41 Å². The van der Waals surface area contributed by atoms with E-state index < -0.39 is 5.97 Å². The van der Waals surface area contributed by atoms with E-state index in [1.807, 2.05) is 12.2 Å². The molecule has 0 saturated carbocycles. The fourth-order valence-corrected chi connectivity index (χ4v) is 1.89. The van der Waals surface area contributed by atoms with Crippen molar-refractivity contribution in [2.45, 2.75) is 20.8 Å². The maximum atomic E-state index is 11.7. The summed E-state index contributed by atoms with van der Waals surface area (Å²) in [6.07, 6.45) is 9.13. The minimum Gasteiger partial charge on any atom is -0.423 e. The first kappa shape index (κ1) is 15.0. The average Bonchev–Trinajstić information content (AvgIpc) is 2.44. The van der Waals surface area contributed by atoms with Crippen LogP contribution in [0.15, 0.2) is 72.6 Å². The minimum atomic E-state index is -0.442. The summed E-state index contributed by atoms with van der Waals surface area (Å²) < 4.78 is 5.36. The van der Waals surface area contributed by atoms with Gasteiger partial charge in [0.25, 0.3) is 0 Å². The maximum Gasteiger partial charge on any atom is 0.338 e. The van der Waals surface area contributed by atoms with Gasteiger partial charge in [0, 0.05) is 16.6 Å². The molecule has 0 atom stereocenters. The molecule has 0 aliphatic heterocycles. The molecule has 0 saturated heterocycles. The van der Waals surface area contributed by atoms with E-state index in [2.05, 4.69) is 33.6 Å². The van der Waals surface area contributed by atoms with Gasteiger partial charge >= 0.3 is 5.97 Å². The van der Waals surface area contributed by atoms with Gasteiger partial charge in [-0.2, -0.15) is 0 Å². The third-order valence-corrected chi connectivity index (χ3v) is 2.97. The first-order chi connectivity index (χ1) is 8.83. The van der Waals surface area contributed by atoms with Gasteiger partial charge in [0.05, 0.1) is 0 Å². The molecule has 2 heteroatoms. The van der Waals surface area contributed by atoms with Crippen LogP contribution in [0.2, 0.25) is 0 Å². The molecule has 2 nitrogen and oxygen atoms in total. The molecule has 1 aliphatic carbocycles. The summed E-state index contributed by atoms with van der Waals surface area (Å²) in [7, 11) is 0. The predicted molar refractivity (Wildman–Crippen MR) is 79.3 cm³/mol.